The molecule has 5 aliphatic rings. The summed E-state index contributed by atoms with van der Waals surface area (Å²) in [6, 6.07) is 1.15. The first kappa shape index (κ1) is 19.5. The molecule has 7 heteroatoms. The van der Waals surface area contributed by atoms with Crippen LogP contribution in [0.1, 0.15) is 57.8 Å². The molecule has 4 fully saturated rings. The van der Waals surface area contributed by atoms with Crippen molar-refractivity contribution in [1.29, 1.82) is 0 Å². The van der Waals surface area contributed by atoms with Crippen molar-refractivity contribution < 1.29 is 13.6 Å². The quantitative estimate of drug-likeness (QED) is 0.783. The molecule has 4 heterocycles. The SMILES string of the molecule is O=C(CC1CCC(F)(F)CC1)N1CCC2=NC(N3C4CCC3CNC4)=CCC2C1. The van der Waals surface area contributed by atoms with E-state index in [0.717, 1.165) is 44.8 Å². The zero-order valence-corrected chi connectivity index (χ0v) is 17.1. The van der Waals surface area contributed by atoms with Crippen molar-refractivity contribution in [1.82, 2.24) is 15.1 Å². The van der Waals surface area contributed by atoms with Gasteiger partial charge in [-0.2, -0.15) is 0 Å². The van der Waals surface area contributed by atoms with E-state index in [2.05, 4.69) is 16.3 Å². The molecule has 0 spiro atoms. The van der Waals surface area contributed by atoms with Crippen LogP contribution in [0, 0.1) is 11.8 Å². The van der Waals surface area contributed by atoms with E-state index < -0.39 is 5.92 Å². The lowest BCUT2D eigenvalue weighted by atomic mass is 9.84. The normalized spacial score (nSPS) is 34.5. The minimum Gasteiger partial charge on any atom is -0.348 e. The minimum absolute atomic E-state index is 0.0635. The number of alkyl halides is 2. The zero-order chi connectivity index (χ0) is 20.0. The van der Waals surface area contributed by atoms with E-state index in [9.17, 15) is 13.6 Å². The van der Waals surface area contributed by atoms with Gasteiger partial charge in [-0.1, -0.05) is 0 Å². The number of piperidine rings is 1. The molecule has 1 saturated carbocycles. The predicted molar refractivity (Wildman–Crippen MR) is 108 cm³/mol. The lowest BCUT2D eigenvalue weighted by Gasteiger charge is -2.41. The van der Waals surface area contributed by atoms with Gasteiger partial charge in [-0.05, 0) is 44.1 Å². The second-order valence-corrected chi connectivity index (χ2v) is 9.64. The first-order valence-electron chi connectivity index (χ1n) is 11.4. The number of likely N-dealkylation sites (tertiary alicyclic amines) is 1. The number of halogens is 2. The third-order valence-electron chi connectivity index (χ3n) is 7.69. The average Bonchev–Trinajstić information content (AvgIpc) is 2.97. The molecule has 1 aliphatic carbocycles. The smallest absolute Gasteiger partial charge is 0.248 e. The molecule has 0 aromatic carbocycles. The Bertz CT molecular complexity index is 696. The van der Waals surface area contributed by atoms with Crippen LogP contribution in [0.4, 0.5) is 8.78 Å². The van der Waals surface area contributed by atoms with Crippen molar-refractivity contribution in [3.05, 3.63) is 11.9 Å². The van der Waals surface area contributed by atoms with Crippen LogP contribution in [0.5, 0.6) is 0 Å². The fourth-order valence-electron chi connectivity index (χ4n) is 5.94. The Morgan fingerprint density at radius 1 is 1.17 bits per heavy atom. The van der Waals surface area contributed by atoms with Gasteiger partial charge in [0.25, 0.3) is 0 Å². The third-order valence-corrected chi connectivity index (χ3v) is 7.69. The average molecular weight is 407 g/mol. The van der Waals surface area contributed by atoms with Crippen LogP contribution >= 0.6 is 0 Å². The Kier molecular flexibility index (Phi) is 5.13. The van der Waals surface area contributed by atoms with Gasteiger partial charge in [0.2, 0.25) is 11.8 Å². The number of allylic oxidation sites excluding steroid dienone is 1. The van der Waals surface area contributed by atoms with E-state index in [1.807, 2.05) is 4.90 Å². The van der Waals surface area contributed by atoms with Gasteiger partial charge < -0.3 is 15.1 Å². The number of nitrogens with zero attached hydrogens (tertiary/aromatic N) is 3. The van der Waals surface area contributed by atoms with Crippen molar-refractivity contribution >= 4 is 11.6 Å². The largest absolute Gasteiger partial charge is 0.348 e. The standard InChI is InChI=1S/C22H32F2N4O/c23-22(24)8-5-15(6-9-22)11-21(29)27-10-7-19-16(14-27)1-4-20(26-19)28-17-2-3-18(28)13-25-12-17/h4,15-18,25H,1-3,5-14H2. The van der Waals surface area contributed by atoms with E-state index in [0.29, 0.717) is 37.3 Å². The molecular weight excluding hydrogens is 374 g/mol. The lowest BCUT2D eigenvalue weighted by Crippen LogP contribution is -2.52. The molecule has 0 aromatic rings. The summed E-state index contributed by atoms with van der Waals surface area (Å²) in [4.78, 5) is 22.3. The Hall–Kier alpha value is -1.50. The molecule has 29 heavy (non-hydrogen) atoms. The second-order valence-electron chi connectivity index (χ2n) is 9.64. The van der Waals surface area contributed by atoms with E-state index in [-0.39, 0.29) is 24.7 Å². The molecule has 5 nitrogen and oxygen atoms in total. The molecule has 3 saturated heterocycles. The van der Waals surface area contributed by atoms with Gasteiger partial charge in [0.05, 0.1) is 0 Å². The summed E-state index contributed by atoms with van der Waals surface area (Å²) in [5.41, 5.74) is 1.25. The number of fused-ring (bicyclic) bond motifs is 3. The van der Waals surface area contributed by atoms with Gasteiger partial charge in [0.15, 0.2) is 0 Å². The number of hydrogen-bond acceptors (Lipinski definition) is 4. The number of aliphatic imine (C=N–C) groups is 1. The maximum Gasteiger partial charge on any atom is 0.248 e. The van der Waals surface area contributed by atoms with Crippen molar-refractivity contribution in [2.24, 2.45) is 16.8 Å². The van der Waals surface area contributed by atoms with E-state index in [1.165, 1.54) is 18.6 Å². The van der Waals surface area contributed by atoms with E-state index >= 15 is 0 Å². The number of hydrogen-bond donors (Lipinski definition) is 1. The molecule has 0 aromatic heterocycles. The van der Waals surface area contributed by atoms with Crippen molar-refractivity contribution in [2.45, 2.75) is 75.8 Å². The first-order valence-corrected chi connectivity index (χ1v) is 11.4. The Morgan fingerprint density at radius 2 is 1.90 bits per heavy atom. The van der Waals surface area contributed by atoms with E-state index in [4.69, 9.17) is 4.99 Å². The summed E-state index contributed by atoms with van der Waals surface area (Å²) in [5.74, 6) is -0.764. The zero-order valence-electron chi connectivity index (χ0n) is 17.1. The predicted octanol–water partition coefficient (Wildman–Crippen LogP) is 3.17. The molecule has 2 bridgehead atoms. The van der Waals surface area contributed by atoms with Gasteiger partial charge in [-0.15, -0.1) is 0 Å². The lowest BCUT2D eigenvalue weighted by molar-refractivity contribution is -0.134. The molecule has 0 radical (unpaired) electrons. The summed E-state index contributed by atoms with van der Waals surface area (Å²) >= 11 is 0. The molecule has 3 atom stereocenters. The fourth-order valence-corrected chi connectivity index (χ4v) is 5.94. The highest BCUT2D eigenvalue weighted by molar-refractivity contribution is 5.91. The molecule has 1 amide bonds. The van der Waals surface area contributed by atoms with Crippen LogP contribution in [0.15, 0.2) is 16.9 Å². The van der Waals surface area contributed by atoms with Crippen LogP contribution in [-0.4, -0.2) is 65.6 Å². The van der Waals surface area contributed by atoms with Crippen LogP contribution in [-0.2, 0) is 4.79 Å². The summed E-state index contributed by atoms with van der Waals surface area (Å²) in [6.45, 7) is 3.56. The molecule has 5 rings (SSSR count). The maximum absolute atomic E-state index is 13.4. The highest BCUT2D eigenvalue weighted by Crippen LogP contribution is 2.38. The molecule has 160 valence electrons. The van der Waals surface area contributed by atoms with Crippen molar-refractivity contribution in [2.75, 3.05) is 26.2 Å². The molecule has 1 N–H and O–H groups in total. The second kappa shape index (κ2) is 7.64. The van der Waals surface area contributed by atoms with Gasteiger partial charge in [0.1, 0.15) is 5.82 Å². The summed E-state index contributed by atoms with van der Waals surface area (Å²) in [6.07, 6.45) is 7.83. The first-order chi connectivity index (χ1) is 14.0. The Balaban J connectivity index is 1.17. The minimum atomic E-state index is -2.52. The molecule has 3 unspecified atom stereocenters. The van der Waals surface area contributed by atoms with Gasteiger partial charge in [-0.3, -0.25) is 4.79 Å². The highest BCUT2D eigenvalue weighted by Gasteiger charge is 2.40. The molecular formula is C22H32F2N4O. The number of amides is 1. The topological polar surface area (TPSA) is 47.9 Å². The Labute approximate surface area is 171 Å². The van der Waals surface area contributed by atoms with Gasteiger partial charge in [0, 0.05) is 75.6 Å². The van der Waals surface area contributed by atoms with Gasteiger partial charge >= 0.3 is 0 Å². The monoisotopic (exact) mass is 406 g/mol. The third kappa shape index (κ3) is 3.94. The number of nitrogens with one attached hydrogen (secondary N) is 1. The maximum atomic E-state index is 13.4. The van der Waals surface area contributed by atoms with Gasteiger partial charge in [-0.25, -0.2) is 13.8 Å². The number of rotatable bonds is 3. The van der Waals surface area contributed by atoms with Crippen LogP contribution in [0.3, 0.4) is 0 Å². The Morgan fingerprint density at radius 3 is 2.62 bits per heavy atom. The van der Waals surface area contributed by atoms with Crippen LogP contribution < -0.4 is 5.32 Å². The highest BCUT2D eigenvalue weighted by atomic mass is 19.3. The summed E-state index contributed by atoms with van der Waals surface area (Å²) < 4.78 is 26.7. The van der Waals surface area contributed by atoms with Crippen molar-refractivity contribution in [3.8, 4) is 0 Å². The number of piperazine rings is 1. The van der Waals surface area contributed by atoms with Crippen LogP contribution in [0.2, 0.25) is 0 Å². The fraction of sp³-hybridized carbons (Fsp3) is 0.818. The van der Waals surface area contributed by atoms with Crippen molar-refractivity contribution in [3.63, 3.8) is 0 Å². The van der Waals surface area contributed by atoms with E-state index in [1.54, 1.807) is 0 Å². The molecule has 4 aliphatic heterocycles. The summed E-state index contributed by atoms with van der Waals surface area (Å²) in [7, 11) is 0. The summed E-state index contributed by atoms with van der Waals surface area (Å²) in [5, 5.41) is 3.53. The number of carbonyl (C=O) groups excluding carboxylic acids is 1. The van der Waals surface area contributed by atoms with Crippen LogP contribution in [0.25, 0.3) is 0 Å². The number of carbonyl (C=O) groups is 1.